The average Bonchev–Trinajstić information content (AvgIpc) is 2.59. The summed E-state index contributed by atoms with van der Waals surface area (Å²) >= 11 is 0. The van der Waals surface area contributed by atoms with Gasteiger partial charge in [-0.3, -0.25) is 4.99 Å². The third kappa shape index (κ3) is 7.11. The predicted octanol–water partition coefficient (Wildman–Crippen LogP) is -0.856. The maximum Gasteiger partial charge on any atom is 1.00 e. The van der Waals surface area contributed by atoms with E-state index in [1.54, 1.807) is 13.2 Å². The second kappa shape index (κ2) is 11.3. The summed E-state index contributed by atoms with van der Waals surface area (Å²) in [5.41, 5.74) is 1.89. The van der Waals surface area contributed by atoms with Crippen LogP contribution in [-0.2, 0) is 11.2 Å². The van der Waals surface area contributed by atoms with Gasteiger partial charge in [-0.25, -0.2) is 0 Å². The minimum Gasteiger partial charge on any atom is -0.548 e. The first kappa shape index (κ1) is 20.8. The van der Waals surface area contributed by atoms with Gasteiger partial charge in [-0.15, -0.1) is 0 Å². The minimum absolute atomic E-state index is 0. The smallest absolute Gasteiger partial charge is 0.548 e. The van der Waals surface area contributed by atoms with E-state index >= 15 is 0 Å². The molecule has 2 aromatic carbocycles. The fourth-order valence-corrected chi connectivity index (χ4v) is 2.06. The number of carboxylic acid groups (broad SMARTS) is 1. The number of aliphatic imine (C=N–C) groups is 1. The van der Waals surface area contributed by atoms with Crippen molar-refractivity contribution in [3.63, 3.8) is 0 Å². The van der Waals surface area contributed by atoms with Crippen molar-refractivity contribution in [1.82, 2.24) is 0 Å². The first-order valence-electron chi connectivity index (χ1n) is 7.27. The number of hydrogen-bond donors (Lipinski definition) is 0. The van der Waals surface area contributed by atoms with Gasteiger partial charge in [0.05, 0.1) is 19.1 Å². The SMILES string of the molecule is COc1ccc(/C=C/C=N[C@@H](Cc2ccccc2)C(=O)[O-])cc1.[K+]. The zero-order valence-corrected chi connectivity index (χ0v) is 17.0. The molecule has 0 unspecified atom stereocenters. The quantitative estimate of drug-likeness (QED) is 0.484. The molecule has 0 fully saturated rings. The molecule has 0 saturated carbocycles. The number of carboxylic acids is 1. The first-order valence-corrected chi connectivity index (χ1v) is 7.27. The summed E-state index contributed by atoms with van der Waals surface area (Å²) in [6, 6.07) is 16.0. The molecule has 0 radical (unpaired) electrons. The topological polar surface area (TPSA) is 61.7 Å². The monoisotopic (exact) mass is 347 g/mol. The van der Waals surface area contributed by atoms with Crippen molar-refractivity contribution in [3.05, 3.63) is 71.8 Å². The van der Waals surface area contributed by atoms with Gasteiger partial charge >= 0.3 is 51.4 Å². The van der Waals surface area contributed by atoms with Crippen LogP contribution < -0.4 is 61.2 Å². The standard InChI is InChI=1S/C19H19NO3.K/c1-23-17-11-9-15(10-12-17)8-5-13-20-18(19(21)22)14-16-6-3-2-4-7-16;/h2-13,18H,14H2,1H3,(H,21,22);/q;+1/p-1/b8-5+,20-13?;/t18-;/m0./s1. The van der Waals surface area contributed by atoms with E-state index in [2.05, 4.69) is 4.99 Å². The fraction of sp³-hybridized carbons (Fsp3) is 0.158. The number of aliphatic carboxylic acids is 1. The van der Waals surface area contributed by atoms with Crippen LogP contribution in [0.1, 0.15) is 11.1 Å². The van der Waals surface area contributed by atoms with Crippen molar-refractivity contribution < 1.29 is 66.0 Å². The summed E-state index contributed by atoms with van der Waals surface area (Å²) < 4.78 is 5.09. The Kier molecular flexibility index (Phi) is 9.82. The Morgan fingerprint density at radius 3 is 2.42 bits per heavy atom. The van der Waals surface area contributed by atoms with E-state index in [1.807, 2.05) is 60.7 Å². The number of carbonyl (C=O) groups excluding carboxylic acids is 1. The van der Waals surface area contributed by atoms with Crippen molar-refractivity contribution in [2.75, 3.05) is 7.11 Å². The van der Waals surface area contributed by atoms with Crippen molar-refractivity contribution in [3.8, 4) is 5.75 Å². The molecular formula is C19H18KNO3. The number of benzene rings is 2. The summed E-state index contributed by atoms with van der Waals surface area (Å²) in [6.07, 6.45) is 5.37. The molecular weight excluding hydrogens is 329 g/mol. The maximum atomic E-state index is 11.2. The molecule has 0 aliphatic rings. The number of allylic oxidation sites excluding steroid dienone is 1. The van der Waals surface area contributed by atoms with Crippen LogP contribution in [0.15, 0.2) is 65.7 Å². The van der Waals surface area contributed by atoms with Gasteiger partial charge in [0, 0.05) is 12.6 Å². The van der Waals surface area contributed by atoms with Crippen molar-refractivity contribution in [2.45, 2.75) is 12.5 Å². The molecule has 0 amide bonds. The Bertz CT molecular complexity index is 682. The van der Waals surface area contributed by atoms with Crippen molar-refractivity contribution in [2.24, 2.45) is 4.99 Å². The Morgan fingerprint density at radius 1 is 1.17 bits per heavy atom. The van der Waals surface area contributed by atoms with Gasteiger partial charge in [-0.1, -0.05) is 48.5 Å². The first-order chi connectivity index (χ1) is 11.2. The molecule has 0 heterocycles. The normalized spacial score (nSPS) is 12.0. The van der Waals surface area contributed by atoms with Crippen LogP contribution in [0.5, 0.6) is 5.75 Å². The minimum atomic E-state index is -1.18. The van der Waals surface area contributed by atoms with Crippen LogP contribution >= 0.6 is 0 Å². The number of nitrogens with zero attached hydrogens (tertiary/aromatic N) is 1. The Hall–Kier alpha value is -1.24. The third-order valence-electron chi connectivity index (χ3n) is 3.30. The largest absolute Gasteiger partial charge is 1.00 e. The fourth-order valence-electron chi connectivity index (χ4n) is 2.06. The van der Waals surface area contributed by atoms with Gasteiger partial charge in [0.15, 0.2) is 0 Å². The number of ether oxygens (including phenoxy) is 1. The van der Waals surface area contributed by atoms with Gasteiger partial charge in [0.2, 0.25) is 0 Å². The van der Waals surface area contributed by atoms with Crippen LogP contribution in [0.2, 0.25) is 0 Å². The third-order valence-corrected chi connectivity index (χ3v) is 3.30. The van der Waals surface area contributed by atoms with Gasteiger partial charge in [-0.05, 0) is 29.3 Å². The molecule has 0 aliphatic carbocycles. The molecule has 0 aliphatic heterocycles. The van der Waals surface area contributed by atoms with E-state index in [9.17, 15) is 9.90 Å². The van der Waals surface area contributed by atoms with E-state index < -0.39 is 12.0 Å². The number of methoxy groups -OCH3 is 1. The van der Waals surface area contributed by atoms with Crippen molar-refractivity contribution in [1.29, 1.82) is 0 Å². The van der Waals surface area contributed by atoms with Gasteiger partial charge in [-0.2, -0.15) is 0 Å². The van der Waals surface area contributed by atoms with Crippen LogP contribution in [-0.4, -0.2) is 25.3 Å². The molecule has 118 valence electrons. The molecule has 4 nitrogen and oxygen atoms in total. The van der Waals surface area contributed by atoms with E-state index in [1.165, 1.54) is 6.21 Å². The van der Waals surface area contributed by atoms with Crippen LogP contribution in [0.4, 0.5) is 0 Å². The van der Waals surface area contributed by atoms with Gasteiger partial charge in [0.25, 0.3) is 0 Å². The summed E-state index contributed by atoms with van der Waals surface area (Å²) in [5, 5.41) is 11.2. The zero-order valence-electron chi connectivity index (χ0n) is 13.9. The van der Waals surface area contributed by atoms with E-state index in [0.717, 1.165) is 16.9 Å². The van der Waals surface area contributed by atoms with Crippen LogP contribution in [0.3, 0.4) is 0 Å². The molecule has 1 atom stereocenters. The molecule has 2 aromatic rings. The summed E-state index contributed by atoms with van der Waals surface area (Å²) in [6.45, 7) is 0. The molecule has 0 spiro atoms. The summed E-state index contributed by atoms with van der Waals surface area (Å²) in [5.74, 6) is -0.390. The Balaban J connectivity index is 0.00000288. The molecule has 5 heteroatoms. The maximum absolute atomic E-state index is 11.2. The zero-order chi connectivity index (χ0) is 16.5. The van der Waals surface area contributed by atoms with E-state index in [-0.39, 0.29) is 51.4 Å². The van der Waals surface area contributed by atoms with Gasteiger partial charge in [0.1, 0.15) is 5.75 Å². The Morgan fingerprint density at radius 2 is 1.83 bits per heavy atom. The van der Waals surface area contributed by atoms with Crippen LogP contribution in [0, 0.1) is 0 Å². The molecule has 0 aromatic heterocycles. The number of rotatable bonds is 7. The molecule has 24 heavy (non-hydrogen) atoms. The van der Waals surface area contributed by atoms with Gasteiger partial charge < -0.3 is 14.6 Å². The molecule has 0 saturated heterocycles. The van der Waals surface area contributed by atoms with E-state index in [0.29, 0.717) is 6.42 Å². The number of carbonyl (C=O) groups is 1. The second-order valence-electron chi connectivity index (χ2n) is 4.95. The number of hydrogen-bond acceptors (Lipinski definition) is 4. The second-order valence-corrected chi connectivity index (χ2v) is 4.95. The molecule has 2 rings (SSSR count). The summed E-state index contributed by atoms with van der Waals surface area (Å²) in [7, 11) is 1.62. The van der Waals surface area contributed by atoms with E-state index in [4.69, 9.17) is 4.74 Å². The molecule has 0 N–H and O–H groups in total. The van der Waals surface area contributed by atoms with Crippen molar-refractivity contribution >= 4 is 18.3 Å². The van der Waals surface area contributed by atoms with Crippen LogP contribution in [0.25, 0.3) is 6.08 Å². The Labute approximate surface area is 184 Å². The summed E-state index contributed by atoms with van der Waals surface area (Å²) in [4.78, 5) is 15.2. The average molecular weight is 347 g/mol. The predicted molar refractivity (Wildman–Crippen MR) is 89.5 cm³/mol. The molecule has 0 bridgehead atoms.